The van der Waals surface area contributed by atoms with Crippen molar-refractivity contribution in [1.29, 1.82) is 0 Å². The lowest BCUT2D eigenvalue weighted by molar-refractivity contribution is 0.419. The molecule has 1 aliphatic heterocycles. The van der Waals surface area contributed by atoms with Crippen LogP contribution in [-0.2, 0) is 0 Å². The summed E-state index contributed by atoms with van der Waals surface area (Å²) in [6, 6.07) is 4.82. The Bertz CT molecular complexity index is 436. The smallest absolute Gasteiger partial charge is 0.0606 e. The van der Waals surface area contributed by atoms with Gasteiger partial charge < -0.3 is 0 Å². The van der Waals surface area contributed by atoms with Crippen molar-refractivity contribution >= 4 is 11.8 Å². The fourth-order valence-electron chi connectivity index (χ4n) is 2.92. The third-order valence-corrected chi connectivity index (χ3v) is 5.81. The highest BCUT2D eigenvalue weighted by Gasteiger charge is 2.38. The lowest BCUT2D eigenvalue weighted by Gasteiger charge is -2.34. The summed E-state index contributed by atoms with van der Waals surface area (Å²) in [5.74, 6) is 7.11. The van der Waals surface area contributed by atoms with E-state index in [4.69, 9.17) is 5.84 Å². The highest BCUT2D eigenvalue weighted by Crippen LogP contribution is 2.47. The second-order valence-corrected chi connectivity index (χ2v) is 7.29. The minimum absolute atomic E-state index is 0.223. The zero-order valence-electron chi connectivity index (χ0n) is 11.8. The molecule has 0 bridgehead atoms. The number of nitrogens with one attached hydrogen (secondary N) is 1. The van der Waals surface area contributed by atoms with Crippen molar-refractivity contribution in [3.05, 3.63) is 34.4 Å². The van der Waals surface area contributed by atoms with Gasteiger partial charge in [-0.05, 0) is 68.5 Å². The van der Waals surface area contributed by atoms with E-state index in [0.717, 1.165) is 0 Å². The predicted molar refractivity (Wildman–Crippen MR) is 80.8 cm³/mol. The van der Waals surface area contributed by atoms with E-state index in [1.807, 2.05) is 11.8 Å². The van der Waals surface area contributed by atoms with E-state index in [-0.39, 0.29) is 10.8 Å². The lowest BCUT2D eigenvalue weighted by atomic mass is 9.86. The van der Waals surface area contributed by atoms with Gasteiger partial charge in [-0.15, -0.1) is 0 Å². The van der Waals surface area contributed by atoms with E-state index < -0.39 is 0 Å². The van der Waals surface area contributed by atoms with E-state index in [1.165, 1.54) is 40.8 Å². The molecule has 0 radical (unpaired) electrons. The van der Waals surface area contributed by atoms with Crippen molar-refractivity contribution in [1.82, 2.24) is 5.43 Å². The maximum atomic E-state index is 5.86. The number of rotatable bonds is 3. The van der Waals surface area contributed by atoms with Gasteiger partial charge in [0, 0.05) is 4.75 Å². The monoisotopic (exact) mass is 264 g/mol. The second-order valence-electron chi connectivity index (χ2n) is 5.66. The van der Waals surface area contributed by atoms with E-state index in [1.54, 1.807) is 0 Å². The van der Waals surface area contributed by atoms with Crippen molar-refractivity contribution in [3.63, 3.8) is 0 Å². The summed E-state index contributed by atoms with van der Waals surface area (Å²) in [5, 5.41) is 0. The SMILES string of the molecule is Cc1cc(C)c(C(NN)C2(C)CCCS2)cc1C. The van der Waals surface area contributed by atoms with Gasteiger partial charge >= 0.3 is 0 Å². The second kappa shape index (κ2) is 5.24. The topological polar surface area (TPSA) is 38.0 Å². The minimum atomic E-state index is 0.223. The van der Waals surface area contributed by atoms with Crippen LogP contribution < -0.4 is 11.3 Å². The van der Waals surface area contributed by atoms with E-state index in [9.17, 15) is 0 Å². The fourth-order valence-corrected chi connectivity index (χ4v) is 4.32. The third kappa shape index (κ3) is 2.44. The molecule has 3 heteroatoms. The van der Waals surface area contributed by atoms with Crippen molar-refractivity contribution in [3.8, 4) is 0 Å². The highest BCUT2D eigenvalue weighted by atomic mass is 32.2. The van der Waals surface area contributed by atoms with Crippen LogP contribution in [0.3, 0.4) is 0 Å². The molecule has 0 spiro atoms. The normalized spacial score (nSPS) is 25.4. The van der Waals surface area contributed by atoms with Gasteiger partial charge in [0.25, 0.3) is 0 Å². The van der Waals surface area contributed by atoms with E-state index >= 15 is 0 Å². The number of hydrogen-bond donors (Lipinski definition) is 2. The van der Waals surface area contributed by atoms with Crippen LogP contribution in [-0.4, -0.2) is 10.5 Å². The number of thioether (sulfide) groups is 1. The number of benzene rings is 1. The van der Waals surface area contributed by atoms with Gasteiger partial charge in [-0.2, -0.15) is 11.8 Å². The molecule has 0 aromatic heterocycles. The molecule has 0 aliphatic carbocycles. The maximum absolute atomic E-state index is 5.86. The molecule has 1 saturated heterocycles. The number of hydrogen-bond acceptors (Lipinski definition) is 3. The molecule has 1 fully saturated rings. The highest BCUT2D eigenvalue weighted by molar-refractivity contribution is 8.00. The van der Waals surface area contributed by atoms with Crippen molar-refractivity contribution in [2.24, 2.45) is 5.84 Å². The molecule has 2 atom stereocenters. The summed E-state index contributed by atoms with van der Waals surface area (Å²) in [6.45, 7) is 8.87. The molecule has 1 heterocycles. The minimum Gasteiger partial charge on any atom is -0.271 e. The predicted octanol–water partition coefficient (Wildman–Crippen LogP) is 3.40. The van der Waals surface area contributed by atoms with Gasteiger partial charge in [-0.3, -0.25) is 11.3 Å². The molecule has 18 heavy (non-hydrogen) atoms. The van der Waals surface area contributed by atoms with Crippen molar-refractivity contribution in [2.75, 3.05) is 5.75 Å². The quantitative estimate of drug-likeness (QED) is 0.649. The lowest BCUT2D eigenvalue weighted by Crippen LogP contribution is -2.41. The van der Waals surface area contributed by atoms with Crippen LogP contribution in [0.5, 0.6) is 0 Å². The standard InChI is InChI=1S/C15H24N2S/c1-10-8-12(3)13(9-11(10)2)14(17-16)15(4)6-5-7-18-15/h8-9,14,17H,5-7,16H2,1-4H3. The molecular formula is C15H24N2S. The summed E-state index contributed by atoms with van der Waals surface area (Å²) in [5.41, 5.74) is 8.48. The average molecular weight is 264 g/mol. The van der Waals surface area contributed by atoms with Crippen molar-refractivity contribution < 1.29 is 0 Å². The Labute approximate surface area is 115 Å². The molecule has 2 unspecified atom stereocenters. The summed E-state index contributed by atoms with van der Waals surface area (Å²) < 4.78 is 0.223. The Hall–Kier alpha value is -0.510. The summed E-state index contributed by atoms with van der Waals surface area (Å²) >= 11 is 2.05. The molecule has 1 aliphatic rings. The van der Waals surface area contributed by atoms with Crippen LogP contribution in [0.4, 0.5) is 0 Å². The zero-order chi connectivity index (χ0) is 13.3. The van der Waals surface area contributed by atoms with Crippen LogP contribution in [0.1, 0.15) is 48.1 Å². The van der Waals surface area contributed by atoms with Crippen LogP contribution in [0.2, 0.25) is 0 Å². The number of hydrazine groups is 1. The molecule has 2 nitrogen and oxygen atoms in total. The first-order chi connectivity index (χ1) is 8.48. The summed E-state index contributed by atoms with van der Waals surface area (Å²) in [4.78, 5) is 0. The first-order valence-corrected chi connectivity index (χ1v) is 7.64. The average Bonchev–Trinajstić information content (AvgIpc) is 2.74. The Kier molecular flexibility index (Phi) is 4.05. The molecule has 0 saturated carbocycles. The van der Waals surface area contributed by atoms with Crippen molar-refractivity contribution in [2.45, 2.75) is 51.3 Å². The fraction of sp³-hybridized carbons (Fsp3) is 0.600. The molecule has 0 amide bonds. The van der Waals surface area contributed by atoms with Gasteiger partial charge in [0.2, 0.25) is 0 Å². The van der Waals surface area contributed by atoms with E-state index in [0.29, 0.717) is 0 Å². The van der Waals surface area contributed by atoms with Crippen LogP contribution >= 0.6 is 11.8 Å². The van der Waals surface area contributed by atoms with Gasteiger partial charge in [0.05, 0.1) is 6.04 Å². The molecule has 100 valence electrons. The van der Waals surface area contributed by atoms with Crippen LogP contribution in [0.15, 0.2) is 12.1 Å². The zero-order valence-corrected chi connectivity index (χ0v) is 12.7. The summed E-state index contributed by atoms with van der Waals surface area (Å²) in [6.07, 6.45) is 2.53. The third-order valence-electron chi connectivity index (χ3n) is 4.22. The Morgan fingerprint density at radius 3 is 2.44 bits per heavy atom. The summed E-state index contributed by atoms with van der Waals surface area (Å²) in [7, 11) is 0. The molecule has 3 N–H and O–H groups in total. The van der Waals surface area contributed by atoms with Crippen LogP contribution in [0, 0.1) is 20.8 Å². The van der Waals surface area contributed by atoms with Gasteiger partial charge in [0.15, 0.2) is 0 Å². The first kappa shape index (κ1) is 13.9. The molecular weight excluding hydrogens is 240 g/mol. The maximum Gasteiger partial charge on any atom is 0.0606 e. The Morgan fingerprint density at radius 2 is 1.89 bits per heavy atom. The first-order valence-electron chi connectivity index (χ1n) is 6.66. The number of aryl methyl sites for hydroxylation is 3. The number of nitrogens with two attached hydrogens (primary N) is 1. The van der Waals surface area contributed by atoms with Gasteiger partial charge in [-0.1, -0.05) is 12.1 Å². The van der Waals surface area contributed by atoms with E-state index in [2.05, 4.69) is 45.3 Å². The molecule has 1 aromatic carbocycles. The van der Waals surface area contributed by atoms with Crippen LogP contribution in [0.25, 0.3) is 0 Å². The van der Waals surface area contributed by atoms with Gasteiger partial charge in [-0.25, -0.2) is 0 Å². The van der Waals surface area contributed by atoms with Gasteiger partial charge in [0.1, 0.15) is 0 Å². The molecule has 2 rings (SSSR count). The largest absolute Gasteiger partial charge is 0.271 e. The molecule has 1 aromatic rings. The Morgan fingerprint density at radius 1 is 1.22 bits per heavy atom. The Balaban J connectivity index is 2.41.